The van der Waals surface area contributed by atoms with E-state index in [0.717, 1.165) is 53.9 Å². The third-order valence-corrected chi connectivity index (χ3v) is 5.60. The summed E-state index contributed by atoms with van der Waals surface area (Å²) >= 11 is 7.31. The molecule has 0 spiro atoms. The molecular weight excluding hydrogens is 368 g/mol. The molecule has 0 saturated carbocycles. The molecule has 0 bridgehead atoms. The number of nitrogens with zero attached hydrogens (tertiary/aromatic N) is 3. The second kappa shape index (κ2) is 8.82. The zero-order chi connectivity index (χ0) is 18.5. The van der Waals surface area contributed by atoms with E-state index < -0.39 is 0 Å². The Morgan fingerprint density at radius 3 is 2.88 bits per heavy atom. The van der Waals surface area contributed by atoms with Gasteiger partial charge in [-0.25, -0.2) is 4.98 Å². The van der Waals surface area contributed by atoms with Crippen LogP contribution in [-0.2, 0) is 11.2 Å². The van der Waals surface area contributed by atoms with E-state index in [-0.39, 0.29) is 11.9 Å². The molecule has 2 heterocycles. The number of halogens is 1. The van der Waals surface area contributed by atoms with Crippen molar-refractivity contribution < 1.29 is 4.79 Å². The summed E-state index contributed by atoms with van der Waals surface area (Å²) in [5.74, 6) is 1.49. The number of hydrogen-bond acceptors (Lipinski definition) is 5. The lowest BCUT2D eigenvalue weighted by atomic mass is 10.1. The zero-order valence-electron chi connectivity index (χ0n) is 15.2. The molecule has 0 unspecified atom stereocenters. The number of carbonyl (C=O) groups is 1. The van der Waals surface area contributed by atoms with Gasteiger partial charge < -0.3 is 10.2 Å². The van der Waals surface area contributed by atoms with Gasteiger partial charge in [-0.2, -0.15) is 4.37 Å². The minimum absolute atomic E-state index is 0.109. The second-order valence-corrected chi connectivity index (χ2v) is 8.29. The summed E-state index contributed by atoms with van der Waals surface area (Å²) in [6.07, 6.45) is 3.56. The molecule has 1 amide bonds. The molecule has 1 fully saturated rings. The first kappa shape index (κ1) is 19.1. The summed E-state index contributed by atoms with van der Waals surface area (Å²) in [4.78, 5) is 19.3. The minimum Gasteiger partial charge on any atom is -0.354 e. The van der Waals surface area contributed by atoms with Gasteiger partial charge in [0.2, 0.25) is 11.0 Å². The van der Waals surface area contributed by atoms with Crippen LogP contribution in [0.1, 0.15) is 44.5 Å². The van der Waals surface area contributed by atoms with Crippen molar-refractivity contribution in [3.63, 3.8) is 0 Å². The van der Waals surface area contributed by atoms with Crippen LogP contribution in [0.15, 0.2) is 24.3 Å². The van der Waals surface area contributed by atoms with Gasteiger partial charge in [0, 0.05) is 36.1 Å². The molecule has 26 heavy (non-hydrogen) atoms. The Kier molecular flexibility index (Phi) is 6.48. The van der Waals surface area contributed by atoms with Crippen molar-refractivity contribution in [2.45, 2.75) is 45.6 Å². The summed E-state index contributed by atoms with van der Waals surface area (Å²) in [5.41, 5.74) is 1.13. The van der Waals surface area contributed by atoms with E-state index >= 15 is 0 Å². The fourth-order valence-electron chi connectivity index (χ4n) is 3.09. The summed E-state index contributed by atoms with van der Waals surface area (Å²) in [5, 5.41) is 4.64. The molecule has 7 heteroatoms. The molecule has 1 N–H and O–H groups in total. The average Bonchev–Trinajstić information content (AvgIpc) is 3.25. The van der Waals surface area contributed by atoms with E-state index in [9.17, 15) is 4.79 Å². The Balaban J connectivity index is 1.61. The van der Waals surface area contributed by atoms with Crippen LogP contribution >= 0.6 is 23.1 Å². The summed E-state index contributed by atoms with van der Waals surface area (Å²) < 4.78 is 4.48. The number of carbonyl (C=O) groups excluding carboxylic acids is 1. The maximum atomic E-state index is 12.5. The molecule has 3 rings (SSSR count). The lowest BCUT2D eigenvalue weighted by Gasteiger charge is -2.22. The first-order valence-electron chi connectivity index (χ1n) is 9.14. The van der Waals surface area contributed by atoms with Gasteiger partial charge in [0.25, 0.3) is 0 Å². The minimum atomic E-state index is -0.126. The topological polar surface area (TPSA) is 58.1 Å². The van der Waals surface area contributed by atoms with Crippen molar-refractivity contribution in [1.82, 2.24) is 14.7 Å². The lowest BCUT2D eigenvalue weighted by Crippen LogP contribution is -2.43. The van der Waals surface area contributed by atoms with Crippen LogP contribution in [-0.4, -0.2) is 34.4 Å². The molecule has 1 aromatic heterocycles. The fraction of sp³-hybridized carbons (Fsp3) is 0.526. The average molecular weight is 393 g/mol. The highest BCUT2D eigenvalue weighted by atomic mass is 35.5. The maximum absolute atomic E-state index is 12.5. The third-order valence-electron chi connectivity index (χ3n) is 4.55. The fourth-order valence-corrected chi connectivity index (χ4v) is 3.98. The van der Waals surface area contributed by atoms with E-state index in [1.165, 1.54) is 11.5 Å². The largest absolute Gasteiger partial charge is 0.354 e. The Morgan fingerprint density at radius 1 is 1.38 bits per heavy atom. The van der Waals surface area contributed by atoms with E-state index in [4.69, 9.17) is 11.6 Å². The Bertz CT molecular complexity index is 731. The Hall–Kier alpha value is -1.66. The summed E-state index contributed by atoms with van der Waals surface area (Å²) in [6.45, 7) is 5.92. The smallest absolute Gasteiger partial charge is 0.242 e. The SMILES string of the molecule is CC(C)CCNC(=O)[C@H]1CCCN1c1nc(Cc2ccc(Cl)cc2)ns1. The van der Waals surface area contributed by atoms with E-state index in [0.29, 0.717) is 12.3 Å². The van der Waals surface area contributed by atoms with Crippen LogP contribution in [0.2, 0.25) is 5.02 Å². The van der Waals surface area contributed by atoms with Crippen LogP contribution in [0, 0.1) is 5.92 Å². The molecule has 1 atom stereocenters. The Morgan fingerprint density at radius 2 is 2.15 bits per heavy atom. The number of hydrogen-bond donors (Lipinski definition) is 1. The molecular formula is C19H25ClN4OS. The van der Waals surface area contributed by atoms with Gasteiger partial charge in [0.1, 0.15) is 11.9 Å². The first-order chi connectivity index (χ1) is 12.5. The van der Waals surface area contributed by atoms with Crippen molar-refractivity contribution in [3.8, 4) is 0 Å². The van der Waals surface area contributed by atoms with Crippen LogP contribution in [0.5, 0.6) is 0 Å². The number of aromatic nitrogens is 2. The maximum Gasteiger partial charge on any atom is 0.242 e. The lowest BCUT2D eigenvalue weighted by molar-refractivity contribution is -0.122. The van der Waals surface area contributed by atoms with Crippen LogP contribution < -0.4 is 10.2 Å². The van der Waals surface area contributed by atoms with E-state index in [2.05, 4.69) is 33.4 Å². The van der Waals surface area contributed by atoms with Crippen LogP contribution in [0.4, 0.5) is 5.13 Å². The molecule has 1 aliphatic heterocycles. The third kappa shape index (κ3) is 4.95. The van der Waals surface area contributed by atoms with E-state index in [1.54, 1.807) is 0 Å². The molecule has 0 aliphatic carbocycles. The van der Waals surface area contributed by atoms with Crippen molar-refractivity contribution in [2.24, 2.45) is 5.92 Å². The number of amides is 1. The van der Waals surface area contributed by atoms with Crippen molar-refractivity contribution in [3.05, 3.63) is 40.7 Å². The predicted octanol–water partition coefficient (Wildman–Crippen LogP) is 3.91. The molecule has 1 aliphatic rings. The highest BCUT2D eigenvalue weighted by Crippen LogP contribution is 2.28. The molecule has 5 nitrogen and oxygen atoms in total. The monoisotopic (exact) mass is 392 g/mol. The highest BCUT2D eigenvalue weighted by Gasteiger charge is 2.32. The summed E-state index contributed by atoms with van der Waals surface area (Å²) in [7, 11) is 0. The molecule has 1 aromatic carbocycles. The predicted molar refractivity (Wildman–Crippen MR) is 107 cm³/mol. The van der Waals surface area contributed by atoms with Crippen molar-refractivity contribution >= 4 is 34.2 Å². The highest BCUT2D eigenvalue weighted by molar-refractivity contribution is 7.09. The van der Waals surface area contributed by atoms with Gasteiger partial charge in [0.15, 0.2) is 0 Å². The van der Waals surface area contributed by atoms with E-state index in [1.807, 2.05) is 24.3 Å². The van der Waals surface area contributed by atoms with Crippen LogP contribution in [0.25, 0.3) is 0 Å². The molecule has 2 aromatic rings. The normalized spacial score (nSPS) is 17.1. The van der Waals surface area contributed by atoms with Gasteiger partial charge in [-0.3, -0.25) is 4.79 Å². The Labute approximate surface area is 163 Å². The van der Waals surface area contributed by atoms with Gasteiger partial charge >= 0.3 is 0 Å². The zero-order valence-corrected chi connectivity index (χ0v) is 16.8. The molecule has 140 valence electrons. The molecule has 0 radical (unpaired) electrons. The number of rotatable bonds is 7. The molecule has 1 saturated heterocycles. The van der Waals surface area contributed by atoms with Crippen molar-refractivity contribution in [2.75, 3.05) is 18.0 Å². The van der Waals surface area contributed by atoms with Crippen molar-refractivity contribution in [1.29, 1.82) is 0 Å². The van der Waals surface area contributed by atoms with Gasteiger partial charge in [-0.1, -0.05) is 37.6 Å². The number of benzene rings is 1. The van der Waals surface area contributed by atoms with Gasteiger partial charge in [0.05, 0.1) is 0 Å². The first-order valence-corrected chi connectivity index (χ1v) is 10.3. The number of anilines is 1. The van der Waals surface area contributed by atoms with Gasteiger partial charge in [-0.15, -0.1) is 0 Å². The van der Waals surface area contributed by atoms with Crippen LogP contribution in [0.3, 0.4) is 0 Å². The second-order valence-electron chi connectivity index (χ2n) is 7.12. The standard InChI is InChI=1S/C19H25ClN4OS/c1-13(2)9-10-21-18(25)16-4-3-11-24(16)19-22-17(23-26-19)12-14-5-7-15(20)8-6-14/h5-8,13,16H,3-4,9-12H2,1-2H3,(H,21,25)/t16-/m1/s1. The summed E-state index contributed by atoms with van der Waals surface area (Å²) in [6, 6.07) is 7.61. The quantitative estimate of drug-likeness (QED) is 0.776. The van der Waals surface area contributed by atoms with Gasteiger partial charge in [-0.05, 0) is 42.9 Å². The number of nitrogens with one attached hydrogen (secondary N) is 1.